The molecule has 1 saturated heterocycles. The second kappa shape index (κ2) is 6.08. The summed E-state index contributed by atoms with van der Waals surface area (Å²) in [5, 5.41) is 0. The van der Waals surface area contributed by atoms with Crippen molar-refractivity contribution in [2.24, 2.45) is 0 Å². The number of imidazole rings is 1. The van der Waals surface area contributed by atoms with Crippen LogP contribution in [0.5, 0.6) is 0 Å². The molecule has 0 atom stereocenters. The molecule has 19 heavy (non-hydrogen) atoms. The lowest BCUT2D eigenvalue weighted by Gasteiger charge is -2.20. The third-order valence-corrected chi connectivity index (χ3v) is 3.69. The molecule has 0 aliphatic carbocycles. The molecule has 1 amide bonds. The maximum Gasteiger partial charge on any atom is 0.328 e. The summed E-state index contributed by atoms with van der Waals surface area (Å²) < 4.78 is 3.16. The van der Waals surface area contributed by atoms with Crippen LogP contribution in [0, 0.1) is 0 Å². The van der Waals surface area contributed by atoms with Gasteiger partial charge in [-0.25, -0.2) is 4.79 Å². The van der Waals surface area contributed by atoms with E-state index in [0.29, 0.717) is 0 Å². The quantitative estimate of drug-likeness (QED) is 0.834. The average molecular weight is 265 g/mol. The molecule has 0 N–H and O–H groups in total. The Morgan fingerprint density at radius 3 is 2.32 bits per heavy atom. The van der Waals surface area contributed by atoms with Gasteiger partial charge in [-0.1, -0.05) is 12.8 Å². The fourth-order valence-corrected chi connectivity index (χ4v) is 2.51. The summed E-state index contributed by atoms with van der Waals surface area (Å²) in [7, 11) is 0. The Morgan fingerprint density at radius 1 is 1.16 bits per heavy atom. The lowest BCUT2D eigenvalue weighted by atomic mass is 10.2. The Morgan fingerprint density at radius 2 is 1.79 bits per heavy atom. The van der Waals surface area contributed by atoms with Gasteiger partial charge in [0.15, 0.2) is 0 Å². The molecule has 2 heterocycles. The molecule has 1 aliphatic rings. The van der Waals surface area contributed by atoms with Crippen LogP contribution in [-0.2, 0) is 11.3 Å². The Hall–Kier alpha value is -1.52. The number of hydrogen-bond donors (Lipinski definition) is 0. The second-order valence-corrected chi connectivity index (χ2v) is 5.50. The lowest BCUT2D eigenvalue weighted by Crippen LogP contribution is -2.37. The van der Waals surface area contributed by atoms with Crippen molar-refractivity contribution in [3.63, 3.8) is 0 Å². The number of rotatable bonds is 3. The Kier molecular flexibility index (Phi) is 4.45. The molecule has 0 saturated carbocycles. The van der Waals surface area contributed by atoms with Gasteiger partial charge in [0, 0.05) is 31.5 Å². The van der Waals surface area contributed by atoms with Crippen molar-refractivity contribution < 1.29 is 4.79 Å². The van der Waals surface area contributed by atoms with E-state index in [2.05, 4.69) is 0 Å². The van der Waals surface area contributed by atoms with E-state index in [9.17, 15) is 9.59 Å². The molecule has 0 aromatic carbocycles. The SMILES string of the molecule is CC(C)n1ccn(CC(=O)N2CCCCCC2)c1=O. The summed E-state index contributed by atoms with van der Waals surface area (Å²) in [4.78, 5) is 26.2. The van der Waals surface area contributed by atoms with Gasteiger partial charge in [-0.2, -0.15) is 0 Å². The second-order valence-electron chi connectivity index (χ2n) is 5.50. The minimum Gasteiger partial charge on any atom is -0.341 e. The Bertz CT molecular complexity index is 479. The zero-order valence-electron chi connectivity index (χ0n) is 11.8. The van der Waals surface area contributed by atoms with E-state index in [-0.39, 0.29) is 24.2 Å². The number of likely N-dealkylation sites (tertiary alicyclic amines) is 1. The molecule has 0 spiro atoms. The zero-order valence-corrected chi connectivity index (χ0v) is 11.8. The van der Waals surface area contributed by atoms with E-state index >= 15 is 0 Å². The van der Waals surface area contributed by atoms with Gasteiger partial charge >= 0.3 is 5.69 Å². The average Bonchev–Trinajstić information content (AvgIpc) is 2.60. The van der Waals surface area contributed by atoms with Crippen molar-refractivity contribution in [2.75, 3.05) is 13.1 Å². The van der Waals surface area contributed by atoms with Crippen LogP contribution in [0.4, 0.5) is 0 Å². The van der Waals surface area contributed by atoms with Crippen molar-refractivity contribution in [3.05, 3.63) is 22.9 Å². The first-order chi connectivity index (χ1) is 9.09. The topological polar surface area (TPSA) is 47.2 Å². The fraction of sp³-hybridized carbons (Fsp3) is 0.714. The smallest absolute Gasteiger partial charge is 0.328 e. The van der Waals surface area contributed by atoms with Gasteiger partial charge in [0.05, 0.1) is 0 Å². The van der Waals surface area contributed by atoms with Gasteiger partial charge < -0.3 is 4.90 Å². The van der Waals surface area contributed by atoms with Crippen molar-refractivity contribution in [3.8, 4) is 0 Å². The van der Waals surface area contributed by atoms with Gasteiger partial charge in [0.1, 0.15) is 6.54 Å². The number of amides is 1. The summed E-state index contributed by atoms with van der Waals surface area (Å²) in [6, 6.07) is 0.127. The molecule has 1 aromatic heterocycles. The van der Waals surface area contributed by atoms with Crippen LogP contribution in [0.1, 0.15) is 45.6 Å². The normalized spacial score (nSPS) is 16.7. The molecule has 0 unspecified atom stereocenters. The van der Waals surface area contributed by atoms with Crippen molar-refractivity contribution in [2.45, 2.75) is 52.1 Å². The van der Waals surface area contributed by atoms with E-state index < -0.39 is 0 Å². The van der Waals surface area contributed by atoms with Crippen LogP contribution in [0.25, 0.3) is 0 Å². The number of aromatic nitrogens is 2. The van der Waals surface area contributed by atoms with Crippen LogP contribution >= 0.6 is 0 Å². The molecule has 106 valence electrons. The van der Waals surface area contributed by atoms with E-state index in [0.717, 1.165) is 25.9 Å². The Labute approximate surface area is 113 Å². The van der Waals surface area contributed by atoms with Crippen molar-refractivity contribution in [1.29, 1.82) is 0 Å². The highest BCUT2D eigenvalue weighted by atomic mass is 16.2. The summed E-state index contributed by atoms with van der Waals surface area (Å²) in [6.07, 6.45) is 8.02. The zero-order chi connectivity index (χ0) is 13.8. The standard InChI is InChI=1S/C14H23N3O2/c1-12(2)17-10-9-16(14(17)19)11-13(18)15-7-5-3-4-6-8-15/h9-10,12H,3-8,11H2,1-2H3. The molecular weight excluding hydrogens is 242 g/mol. The van der Waals surface area contributed by atoms with Gasteiger partial charge in [-0.05, 0) is 26.7 Å². The minimum atomic E-state index is -0.0989. The molecule has 1 aromatic rings. The van der Waals surface area contributed by atoms with Gasteiger partial charge in [0.2, 0.25) is 5.91 Å². The predicted octanol–water partition coefficient (Wildman–Crippen LogP) is 1.63. The van der Waals surface area contributed by atoms with E-state index in [1.807, 2.05) is 18.7 Å². The summed E-state index contributed by atoms with van der Waals surface area (Å²) in [6.45, 7) is 5.75. The summed E-state index contributed by atoms with van der Waals surface area (Å²) in [5.74, 6) is 0.0607. The monoisotopic (exact) mass is 265 g/mol. The van der Waals surface area contributed by atoms with Crippen LogP contribution in [0.2, 0.25) is 0 Å². The van der Waals surface area contributed by atoms with E-state index in [1.165, 1.54) is 17.4 Å². The highest BCUT2D eigenvalue weighted by Gasteiger charge is 2.17. The molecule has 1 aliphatic heterocycles. The maximum atomic E-state index is 12.2. The number of carbonyl (C=O) groups is 1. The molecular formula is C14H23N3O2. The molecule has 5 nitrogen and oxygen atoms in total. The van der Waals surface area contributed by atoms with Crippen LogP contribution in [0.3, 0.4) is 0 Å². The predicted molar refractivity (Wildman–Crippen MR) is 74.1 cm³/mol. The minimum absolute atomic E-state index is 0.0607. The van der Waals surface area contributed by atoms with Crippen molar-refractivity contribution >= 4 is 5.91 Å². The first-order valence-electron chi connectivity index (χ1n) is 7.14. The summed E-state index contributed by atoms with van der Waals surface area (Å²) in [5.41, 5.74) is -0.0989. The molecule has 5 heteroatoms. The number of carbonyl (C=O) groups excluding carboxylic acids is 1. The highest BCUT2D eigenvalue weighted by Crippen LogP contribution is 2.10. The third-order valence-electron chi connectivity index (χ3n) is 3.69. The molecule has 1 fully saturated rings. The van der Waals surface area contributed by atoms with Gasteiger partial charge in [0.25, 0.3) is 0 Å². The molecule has 0 bridgehead atoms. The summed E-state index contributed by atoms with van der Waals surface area (Å²) >= 11 is 0. The molecule has 2 rings (SSSR count). The lowest BCUT2D eigenvalue weighted by molar-refractivity contribution is -0.131. The third kappa shape index (κ3) is 3.28. The van der Waals surface area contributed by atoms with Crippen LogP contribution in [0.15, 0.2) is 17.2 Å². The maximum absolute atomic E-state index is 12.2. The molecule has 0 radical (unpaired) electrons. The Balaban J connectivity index is 2.04. The largest absolute Gasteiger partial charge is 0.341 e. The highest BCUT2D eigenvalue weighted by molar-refractivity contribution is 5.76. The first-order valence-corrected chi connectivity index (χ1v) is 7.14. The number of hydrogen-bond acceptors (Lipinski definition) is 2. The van der Waals surface area contributed by atoms with E-state index in [4.69, 9.17) is 0 Å². The van der Waals surface area contributed by atoms with Crippen molar-refractivity contribution in [1.82, 2.24) is 14.0 Å². The van der Waals surface area contributed by atoms with Gasteiger partial charge in [-0.3, -0.25) is 13.9 Å². The van der Waals surface area contributed by atoms with Crippen LogP contribution in [-0.4, -0.2) is 33.0 Å². The van der Waals surface area contributed by atoms with Crippen LogP contribution < -0.4 is 5.69 Å². The number of nitrogens with zero attached hydrogens (tertiary/aromatic N) is 3. The van der Waals surface area contributed by atoms with E-state index in [1.54, 1.807) is 17.0 Å². The fourth-order valence-electron chi connectivity index (χ4n) is 2.51. The van der Waals surface area contributed by atoms with Gasteiger partial charge in [-0.15, -0.1) is 0 Å². The first kappa shape index (κ1) is 13.9.